The van der Waals surface area contributed by atoms with Gasteiger partial charge in [0, 0.05) is 54.8 Å². The summed E-state index contributed by atoms with van der Waals surface area (Å²) in [4.78, 5) is 58.1. The second-order valence-corrected chi connectivity index (χ2v) is 11.3. The SMILES string of the molecule is CC(C)NC[C@@H](C(=O)N1CCN(c2ncnc3c2[C@H](C)CC(=O)N3)[C@H]2C[C@H]21)c1ccc(Cl)cc1.O.O=C(O)/C=C/C(=O)O. The first kappa shape index (κ1) is 33.4. The fourth-order valence-corrected chi connectivity index (χ4v) is 5.52. The Bertz CT molecular complexity index is 1350. The number of piperazine rings is 1. The number of fused-ring (bicyclic) bond motifs is 2. The van der Waals surface area contributed by atoms with Crippen molar-refractivity contribution >= 4 is 47.0 Å². The van der Waals surface area contributed by atoms with Gasteiger partial charge in [0.05, 0.1) is 18.0 Å². The van der Waals surface area contributed by atoms with Gasteiger partial charge in [-0.2, -0.15) is 0 Å². The third kappa shape index (κ3) is 8.27. The van der Waals surface area contributed by atoms with Crippen LogP contribution in [0.4, 0.5) is 11.6 Å². The Balaban J connectivity index is 0.000000497. The normalized spacial score (nSPS) is 21.0. The number of carboxylic acid groups (broad SMARTS) is 2. The summed E-state index contributed by atoms with van der Waals surface area (Å²) in [6.45, 7) is 8.17. The van der Waals surface area contributed by atoms with E-state index >= 15 is 0 Å². The van der Waals surface area contributed by atoms with Gasteiger partial charge in [0.2, 0.25) is 11.8 Å². The van der Waals surface area contributed by atoms with Gasteiger partial charge in [-0.3, -0.25) is 9.59 Å². The van der Waals surface area contributed by atoms with E-state index in [1.165, 1.54) is 6.33 Å². The van der Waals surface area contributed by atoms with Crippen molar-refractivity contribution in [2.45, 2.75) is 63.6 Å². The molecule has 4 atom stereocenters. The predicted molar refractivity (Wildman–Crippen MR) is 160 cm³/mol. The van der Waals surface area contributed by atoms with Crippen molar-refractivity contribution in [1.82, 2.24) is 20.2 Å². The molecule has 2 amide bonds. The summed E-state index contributed by atoms with van der Waals surface area (Å²) in [5, 5.41) is 22.6. The second-order valence-electron chi connectivity index (χ2n) is 10.9. The van der Waals surface area contributed by atoms with E-state index in [1.807, 2.05) is 31.2 Å². The zero-order valence-corrected chi connectivity index (χ0v) is 24.9. The summed E-state index contributed by atoms with van der Waals surface area (Å²) in [5.41, 5.74) is 1.99. The Kier molecular flexibility index (Phi) is 11.2. The first-order valence-corrected chi connectivity index (χ1v) is 14.2. The lowest BCUT2D eigenvalue weighted by Crippen LogP contribution is -2.51. The number of hydrogen-bond donors (Lipinski definition) is 4. The van der Waals surface area contributed by atoms with E-state index in [4.69, 9.17) is 21.8 Å². The first-order chi connectivity index (χ1) is 20.0. The first-order valence-electron chi connectivity index (χ1n) is 13.8. The van der Waals surface area contributed by atoms with Crippen LogP contribution in [0, 0.1) is 0 Å². The molecule has 2 fully saturated rings. The number of anilines is 2. The largest absolute Gasteiger partial charge is 0.478 e. The van der Waals surface area contributed by atoms with E-state index < -0.39 is 11.9 Å². The lowest BCUT2D eigenvalue weighted by Gasteiger charge is -2.38. The van der Waals surface area contributed by atoms with Crippen LogP contribution in [0.5, 0.6) is 0 Å². The van der Waals surface area contributed by atoms with Crippen LogP contribution >= 0.6 is 11.6 Å². The number of halogens is 1. The van der Waals surface area contributed by atoms with Gasteiger partial charge in [-0.25, -0.2) is 19.6 Å². The molecule has 2 aromatic rings. The zero-order valence-electron chi connectivity index (χ0n) is 24.2. The van der Waals surface area contributed by atoms with Crippen molar-refractivity contribution in [2.24, 2.45) is 0 Å². The summed E-state index contributed by atoms with van der Waals surface area (Å²) in [6, 6.07) is 8.32. The quantitative estimate of drug-likeness (QED) is 0.318. The van der Waals surface area contributed by atoms with E-state index in [-0.39, 0.29) is 41.2 Å². The van der Waals surface area contributed by atoms with E-state index in [9.17, 15) is 19.2 Å². The van der Waals surface area contributed by atoms with E-state index in [1.54, 1.807) is 0 Å². The molecule has 43 heavy (non-hydrogen) atoms. The Morgan fingerprint density at radius 1 is 1.09 bits per heavy atom. The van der Waals surface area contributed by atoms with Gasteiger partial charge < -0.3 is 36.1 Å². The lowest BCUT2D eigenvalue weighted by atomic mass is 9.94. The molecular formula is C29H37ClN6O7. The summed E-state index contributed by atoms with van der Waals surface area (Å²) in [5.74, 6) is -1.04. The average Bonchev–Trinajstić information content (AvgIpc) is 3.73. The molecule has 5 rings (SSSR count). The van der Waals surface area contributed by atoms with Crippen molar-refractivity contribution in [2.75, 3.05) is 29.9 Å². The Labute approximate surface area is 254 Å². The van der Waals surface area contributed by atoms with E-state index in [0.29, 0.717) is 55.1 Å². The highest BCUT2D eigenvalue weighted by Crippen LogP contribution is 2.44. The maximum absolute atomic E-state index is 13.8. The van der Waals surface area contributed by atoms with Crippen molar-refractivity contribution in [3.05, 3.63) is 58.9 Å². The minimum absolute atomic E-state index is 0. The van der Waals surface area contributed by atoms with Gasteiger partial charge >= 0.3 is 11.9 Å². The second kappa shape index (κ2) is 14.4. The molecule has 1 aromatic heterocycles. The summed E-state index contributed by atoms with van der Waals surface area (Å²) in [6.07, 6.45) is 4.00. The molecule has 0 bridgehead atoms. The van der Waals surface area contributed by atoms with Crippen molar-refractivity contribution in [3.8, 4) is 0 Å². The number of carbonyl (C=O) groups excluding carboxylic acids is 2. The highest BCUT2D eigenvalue weighted by atomic mass is 35.5. The highest BCUT2D eigenvalue weighted by Gasteiger charge is 2.52. The number of aromatic nitrogens is 2. The van der Waals surface area contributed by atoms with Crippen molar-refractivity contribution in [1.29, 1.82) is 0 Å². The number of rotatable bonds is 8. The summed E-state index contributed by atoms with van der Waals surface area (Å²) in [7, 11) is 0. The van der Waals surface area contributed by atoms with Gasteiger partial charge in [0.15, 0.2) is 0 Å². The van der Waals surface area contributed by atoms with Gasteiger partial charge in [-0.15, -0.1) is 0 Å². The monoisotopic (exact) mass is 616 g/mol. The third-order valence-electron chi connectivity index (χ3n) is 7.44. The number of carbonyl (C=O) groups is 4. The number of benzene rings is 1. The molecule has 3 aliphatic rings. The van der Waals surface area contributed by atoms with Crippen LogP contribution in [0.1, 0.15) is 56.6 Å². The molecule has 2 aliphatic heterocycles. The molecule has 3 heterocycles. The van der Waals surface area contributed by atoms with Crippen molar-refractivity contribution < 1.29 is 34.9 Å². The zero-order chi connectivity index (χ0) is 30.6. The molecule has 14 heteroatoms. The highest BCUT2D eigenvalue weighted by molar-refractivity contribution is 6.30. The minimum atomic E-state index is -1.26. The molecule has 1 aromatic carbocycles. The van der Waals surface area contributed by atoms with Crippen LogP contribution in [-0.4, -0.2) is 92.1 Å². The predicted octanol–water partition coefficient (Wildman–Crippen LogP) is 2.03. The number of aliphatic carboxylic acids is 2. The van der Waals surface area contributed by atoms with Crippen LogP contribution < -0.4 is 15.5 Å². The van der Waals surface area contributed by atoms with Gasteiger partial charge in [0.1, 0.15) is 18.0 Å². The standard InChI is InChI=1S/C25H31ClN6O2.C4H4O4.H2O/c1-14(2)27-12-18(16-4-6-17(26)7-5-16)25(34)32-9-8-31(19-11-20(19)32)24-22-15(3)10-21(33)30-23(22)28-13-29-24;5-3(6)1-2-4(7)8;/h4-7,13-15,18-20,27H,8-12H2,1-3H3,(H,28,29,30,33);1-2H,(H,5,6)(H,7,8);1H2/b;2-1+;/t15-,18-,19+,20-;;/m1../s1. The van der Waals surface area contributed by atoms with Crippen LogP contribution in [0.25, 0.3) is 0 Å². The molecule has 1 saturated heterocycles. The molecule has 0 unspecified atom stereocenters. The fraction of sp³-hybridized carbons (Fsp3) is 0.448. The molecule has 6 N–H and O–H groups in total. The van der Waals surface area contributed by atoms with Crippen LogP contribution in [0.15, 0.2) is 42.7 Å². The number of nitrogens with zero attached hydrogens (tertiary/aromatic N) is 4. The Morgan fingerprint density at radius 2 is 1.74 bits per heavy atom. The molecule has 0 radical (unpaired) electrons. The van der Waals surface area contributed by atoms with E-state index in [0.717, 1.165) is 23.4 Å². The maximum atomic E-state index is 13.8. The average molecular weight is 617 g/mol. The van der Waals surface area contributed by atoms with Crippen molar-refractivity contribution in [3.63, 3.8) is 0 Å². The Morgan fingerprint density at radius 3 is 2.35 bits per heavy atom. The molecule has 13 nitrogen and oxygen atoms in total. The molecule has 1 saturated carbocycles. The molecule has 0 spiro atoms. The van der Waals surface area contributed by atoms with Gasteiger partial charge in [-0.05, 0) is 30.0 Å². The number of amides is 2. The number of nitrogens with one attached hydrogen (secondary N) is 2. The van der Waals surface area contributed by atoms with E-state index in [2.05, 4.69) is 44.2 Å². The smallest absolute Gasteiger partial charge is 0.328 e. The van der Waals surface area contributed by atoms with Crippen LogP contribution in [-0.2, 0) is 19.2 Å². The summed E-state index contributed by atoms with van der Waals surface area (Å²) >= 11 is 6.09. The van der Waals surface area contributed by atoms with Gasteiger partial charge in [-0.1, -0.05) is 44.5 Å². The Hall–Kier alpha value is -4.07. The third-order valence-corrected chi connectivity index (χ3v) is 7.69. The summed E-state index contributed by atoms with van der Waals surface area (Å²) < 4.78 is 0. The van der Waals surface area contributed by atoms with Gasteiger partial charge in [0.25, 0.3) is 0 Å². The molecule has 1 aliphatic carbocycles. The number of hydrogen-bond acceptors (Lipinski definition) is 8. The lowest BCUT2D eigenvalue weighted by molar-refractivity contribution is -0.134. The van der Waals surface area contributed by atoms with Crippen LogP contribution in [0.3, 0.4) is 0 Å². The molecule has 232 valence electrons. The minimum Gasteiger partial charge on any atom is -0.478 e. The number of carboxylic acids is 2. The maximum Gasteiger partial charge on any atom is 0.328 e. The topological polar surface area (TPSA) is 197 Å². The fourth-order valence-electron chi connectivity index (χ4n) is 5.39. The molecular weight excluding hydrogens is 580 g/mol. The van der Waals surface area contributed by atoms with Crippen LogP contribution in [0.2, 0.25) is 5.02 Å².